The Bertz CT molecular complexity index is 502. The average Bonchev–Trinajstić information content (AvgIpc) is 2.29. The number of carbonyl (C=O) groups is 1. The van der Waals surface area contributed by atoms with Gasteiger partial charge < -0.3 is 4.74 Å². The SMILES string of the molecule is COC(=O)C(CC(C)C)n1nc(Cl)cc(Br)c1=O. The summed E-state index contributed by atoms with van der Waals surface area (Å²) in [5.74, 6) is -0.298. The van der Waals surface area contributed by atoms with Gasteiger partial charge in [-0.1, -0.05) is 25.4 Å². The highest BCUT2D eigenvalue weighted by atomic mass is 79.9. The molecule has 1 heterocycles. The van der Waals surface area contributed by atoms with Crippen LogP contribution in [0.2, 0.25) is 5.15 Å². The summed E-state index contributed by atoms with van der Waals surface area (Å²) in [6.45, 7) is 3.89. The zero-order chi connectivity index (χ0) is 13.9. The van der Waals surface area contributed by atoms with Crippen molar-refractivity contribution in [1.82, 2.24) is 9.78 Å². The van der Waals surface area contributed by atoms with Gasteiger partial charge >= 0.3 is 5.97 Å². The molecule has 0 aliphatic carbocycles. The number of hydrogen-bond donors (Lipinski definition) is 0. The lowest BCUT2D eigenvalue weighted by Crippen LogP contribution is -2.34. The first-order valence-electron chi connectivity index (χ1n) is 5.39. The highest BCUT2D eigenvalue weighted by Gasteiger charge is 2.25. The van der Waals surface area contributed by atoms with Gasteiger partial charge in [-0.15, -0.1) is 0 Å². The molecule has 18 heavy (non-hydrogen) atoms. The van der Waals surface area contributed by atoms with Crippen LogP contribution in [0.4, 0.5) is 0 Å². The van der Waals surface area contributed by atoms with Gasteiger partial charge in [0.1, 0.15) is 0 Å². The summed E-state index contributed by atoms with van der Waals surface area (Å²) in [6.07, 6.45) is 0.451. The van der Waals surface area contributed by atoms with Crippen molar-refractivity contribution in [1.29, 1.82) is 0 Å². The molecule has 5 nitrogen and oxygen atoms in total. The zero-order valence-corrected chi connectivity index (χ0v) is 12.7. The van der Waals surface area contributed by atoms with Gasteiger partial charge in [0.15, 0.2) is 11.2 Å². The van der Waals surface area contributed by atoms with Crippen molar-refractivity contribution >= 4 is 33.5 Å². The molecule has 0 aromatic carbocycles. The van der Waals surface area contributed by atoms with E-state index in [0.29, 0.717) is 6.42 Å². The third-order valence-corrected chi connectivity index (χ3v) is 3.08. The third-order valence-electron chi connectivity index (χ3n) is 2.32. The number of halogens is 2. The Kier molecular flexibility index (Phi) is 5.34. The van der Waals surface area contributed by atoms with Crippen LogP contribution in [0.15, 0.2) is 15.3 Å². The van der Waals surface area contributed by atoms with Gasteiger partial charge in [-0.2, -0.15) is 5.10 Å². The first-order chi connectivity index (χ1) is 8.36. The molecule has 1 unspecified atom stereocenters. The Balaban J connectivity index is 3.28. The zero-order valence-electron chi connectivity index (χ0n) is 10.3. The van der Waals surface area contributed by atoms with Gasteiger partial charge in [0, 0.05) is 0 Å². The van der Waals surface area contributed by atoms with Crippen LogP contribution >= 0.6 is 27.5 Å². The van der Waals surface area contributed by atoms with Gasteiger partial charge in [0.2, 0.25) is 0 Å². The van der Waals surface area contributed by atoms with Gasteiger partial charge in [-0.25, -0.2) is 9.48 Å². The molecule has 0 saturated heterocycles. The highest BCUT2D eigenvalue weighted by molar-refractivity contribution is 9.10. The maximum atomic E-state index is 12.0. The number of ether oxygens (including phenoxy) is 1. The van der Waals surface area contributed by atoms with Gasteiger partial charge in [-0.05, 0) is 34.3 Å². The van der Waals surface area contributed by atoms with Crippen molar-refractivity contribution in [2.75, 3.05) is 7.11 Å². The van der Waals surface area contributed by atoms with Gasteiger partial charge in [0.25, 0.3) is 5.56 Å². The minimum absolute atomic E-state index is 0.138. The normalized spacial score (nSPS) is 12.6. The Hall–Kier alpha value is -0.880. The van der Waals surface area contributed by atoms with E-state index in [1.807, 2.05) is 13.8 Å². The third kappa shape index (κ3) is 3.55. The summed E-state index contributed by atoms with van der Waals surface area (Å²) in [6, 6.07) is 0.627. The van der Waals surface area contributed by atoms with E-state index in [9.17, 15) is 9.59 Å². The van der Waals surface area contributed by atoms with E-state index in [1.165, 1.54) is 13.2 Å². The van der Waals surface area contributed by atoms with Crippen molar-refractivity contribution in [3.05, 3.63) is 26.0 Å². The summed E-state index contributed by atoms with van der Waals surface area (Å²) in [7, 11) is 1.28. The number of esters is 1. The molecule has 0 bridgehead atoms. The average molecular weight is 338 g/mol. The van der Waals surface area contributed by atoms with E-state index in [-0.39, 0.29) is 15.5 Å². The van der Waals surface area contributed by atoms with Crippen molar-refractivity contribution in [3.8, 4) is 0 Å². The molecule has 0 fully saturated rings. The lowest BCUT2D eigenvalue weighted by molar-refractivity contribution is -0.145. The Labute approximate surface area is 118 Å². The van der Waals surface area contributed by atoms with Crippen LogP contribution in [0.25, 0.3) is 0 Å². The van der Waals surface area contributed by atoms with E-state index in [1.54, 1.807) is 0 Å². The molecule has 100 valence electrons. The molecule has 0 saturated carbocycles. The fraction of sp³-hybridized carbons (Fsp3) is 0.545. The van der Waals surface area contributed by atoms with E-state index in [4.69, 9.17) is 16.3 Å². The Morgan fingerprint density at radius 2 is 2.22 bits per heavy atom. The molecule has 0 amide bonds. The first kappa shape index (κ1) is 15.2. The second kappa shape index (κ2) is 6.33. The lowest BCUT2D eigenvalue weighted by Gasteiger charge is -2.18. The molecule has 1 aromatic heterocycles. The molecule has 0 N–H and O–H groups in total. The number of methoxy groups -OCH3 is 1. The van der Waals surface area contributed by atoms with Crippen LogP contribution in [0.5, 0.6) is 0 Å². The minimum atomic E-state index is -0.766. The fourth-order valence-electron chi connectivity index (χ4n) is 1.54. The summed E-state index contributed by atoms with van der Waals surface area (Å²) in [4.78, 5) is 23.7. The molecule has 7 heteroatoms. The Morgan fingerprint density at radius 1 is 1.61 bits per heavy atom. The largest absolute Gasteiger partial charge is 0.467 e. The van der Waals surface area contributed by atoms with Gasteiger partial charge in [0.05, 0.1) is 11.6 Å². The maximum absolute atomic E-state index is 12.0. The summed E-state index contributed by atoms with van der Waals surface area (Å²) < 4.78 is 6.04. The van der Waals surface area contributed by atoms with E-state index < -0.39 is 17.6 Å². The summed E-state index contributed by atoms with van der Waals surface area (Å²) in [5.41, 5.74) is -0.407. The second-order valence-corrected chi connectivity index (χ2v) is 5.47. The number of rotatable bonds is 4. The highest BCUT2D eigenvalue weighted by Crippen LogP contribution is 2.19. The standard InChI is InChI=1S/C11H14BrClN2O3/c1-6(2)4-8(11(17)18-3)15-10(16)7(12)5-9(13)14-15/h5-6,8H,4H2,1-3H3. The van der Waals surface area contributed by atoms with Crippen LogP contribution in [0, 0.1) is 5.92 Å². The molecule has 1 aromatic rings. The van der Waals surface area contributed by atoms with Gasteiger partial charge in [-0.3, -0.25) is 4.79 Å². The second-order valence-electron chi connectivity index (χ2n) is 4.23. The van der Waals surface area contributed by atoms with Crippen molar-refractivity contribution in [3.63, 3.8) is 0 Å². The van der Waals surface area contributed by atoms with Crippen LogP contribution in [-0.4, -0.2) is 22.9 Å². The van der Waals surface area contributed by atoms with Crippen molar-refractivity contribution < 1.29 is 9.53 Å². The van der Waals surface area contributed by atoms with Crippen molar-refractivity contribution in [2.24, 2.45) is 5.92 Å². The number of aromatic nitrogens is 2. The minimum Gasteiger partial charge on any atom is -0.467 e. The van der Waals surface area contributed by atoms with Crippen LogP contribution in [0.1, 0.15) is 26.3 Å². The number of hydrogen-bond acceptors (Lipinski definition) is 4. The quantitative estimate of drug-likeness (QED) is 0.792. The molecule has 0 aliphatic rings. The van der Waals surface area contributed by atoms with Crippen LogP contribution in [0.3, 0.4) is 0 Å². The molecule has 0 radical (unpaired) electrons. The van der Waals surface area contributed by atoms with Crippen LogP contribution < -0.4 is 5.56 Å². The molecule has 1 atom stereocenters. The summed E-state index contributed by atoms with van der Waals surface area (Å²) >= 11 is 8.89. The number of carbonyl (C=O) groups excluding carboxylic acids is 1. The molecular formula is C11H14BrClN2O3. The predicted octanol–water partition coefficient (Wildman–Crippen LogP) is 2.42. The van der Waals surface area contributed by atoms with E-state index >= 15 is 0 Å². The molecule has 1 rings (SSSR count). The lowest BCUT2D eigenvalue weighted by atomic mass is 10.0. The van der Waals surface area contributed by atoms with Crippen molar-refractivity contribution in [2.45, 2.75) is 26.3 Å². The van der Waals surface area contributed by atoms with E-state index in [0.717, 1.165) is 4.68 Å². The smallest absolute Gasteiger partial charge is 0.330 e. The maximum Gasteiger partial charge on any atom is 0.330 e. The molecular weight excluding hydrogens is 323 g/mol. The monoisotopic (exact) mass is 336 g/mol. The van der Waals surface area contributed by atoms with E-state index in [2.05, 4.69) is 21.0 Å². The topological polar surface area (TPSA) is 61.2 Å². The molecule has 0 spiro atoms. The molecule has 0 aliphatic heterocycles. The fourth-order valence-corrected chi connectivity index (χ4v) is 2.26. The first-order valence-corrected chi connectivity index (χ1v) is 6.56. The predicted molar refractivity (Wildman–Crippen MR) is 71.7 cm³/mol. The Morgan fingerprint density at radius 3 is 2.72 bits per heavy atom. The van der Waals surface area contributed by atoms with Crippen LogP contribution in [-0.2, 0) is 9.53 Å². The summed E-state index contributed by atoms with van der Waals surface area (Å²) in [5, 5.41) is 4.03. The number of nitrogens with zero attached hydrogens (tertiary/aromatic N) is 2.